The van der Waals surface area contributed by atoms with E-state index in [0.29, 0.717) is 18.6 Å². The van der Waals surface area contributed by atoms with Crippen molar-refractivity contribution in [1.29, 1.82) is 0 Å². The molecule has 0 amide bonds. The Balaban J connectivity index is 1.58. The fraction of sp³-hybridized carbons (Fsp3) is 0.697. The zero-order chi connectivity index (χ0) is 30.4. The van der Waals surface area contributed by atoms with E-state index >= 15 is 0 Å². The number of allylic oxidation sites excluding steroid dienone is 2. The van der Waals surface area contributed by atoms with Crippen LogP contribution in [0.1, 0.15) is 79.2 Å². The predicted molar refractivity (Wildman–Crippen MR) is 151 cm³/mol. The first-order valence-corrected chi connectivity index (χ1v) is 15.2. The van der Waals surface area contributed by atoms with Gasteiger partial charge in [-0.05, 0) is 50.3 Å². The van der Waals surface area contributed by atoms with E-state index in [0.717, 1.165) is 16.7 Å². The van der Waals surface area contributed by atoms with Crippen molar-refractivity contribution in [1.82, 2.24) is 0 Å². The Morgan fingerprint density at radius 3 is 2.48 bits per heavy atom. The Hall–Kier alpha value is -2.46. The van der Waals surface area contributed by atoms with E-state index in [9.17, 15) is 19.8 Å². The zero-order valence-electron chi connectivity index (χ0n) is 25.6. The van der Waals surface area contributed by atoms with Gasteiger partial charge in [-0.25, -0.2) is 4.79 Å². The zero-order valence-corrected chi connectivity index (χ0v) is 25.6. The van der Waals surface area contributed by atoms with Crippen molar-refractivity contribution in [3.63, 3.8) is 0 Å². The van der Waals surface area contributed by atoms with Crippen molar-refractivity contribution < 1.29 is 43.2 Å². The van der Waals surface area contributed by atoms with Crippen LogP contribution in [-0.2, 0) is 28.5 Å². The molecule has 3 aliphatic carbocycles. The van der Waals surface area contributed by atoms with Gasteiger partial charge in [0.15, 0.2) is 6.29 Å². The first-order valence-electron chi connectivity index (χ1n) is 15.2. The molecule has 4 fully saturated rings. The molecule has 2 aliphatic heterocycles. The summed E-state index contributed by atoms with van der Waals surface area (Å²) >= 11 is 0. The lowest BCUT2D eigenvalue weighted by Gasteiger charge is -2.66. The maximum Gasteiger partial charge on any atom is 0.333 e. The normalized spacial score (nSPS) is 46.4. The third-order valence-corrected chi connectivity index (χ3v) is 11.9. The van der Waals surface area contributed by atoms with Crippen LogP contribution >= 0.6 is 0 Å². The number of carbonyl (C=O) groups is 2. The minimum atomic E-state index is -1.08. The molecule has 0 bridgehead atoms. The quantitative estimate of drug-likeness (QED) is 0.300. The highest BCUT2D eigenvalue weighted by atomic mass is 16.6. The summed E-state index contributed by atoms with van der Waals surface area (Å²) in [5, 5.41) is 23.4. The summed E-state index contributed by atoms with van der Waals surface area (Å²) < 4.78 is 30.8. The summed E-state index contributed by atoms with van der Waals surface area (Å²) in [5.74, 6) is -1.51. The van der Waals surface area contributed by atoms with Gasteiger partial charge in [0.1, 0.15) is 12.2 Å². The lowest BCUT2D eigenvalue weighted by atomic mass is 9.39. The number of aliphatic hydroxyl groups is 2. The number of carbonyl (C=O) groups excluding carboxylic acids is 2. The second kappa shape index (κ2) is 10.0. The maximum absolute atomic E-state index is 13.5. The van der Waals surface area contributed by atoms with Gasteiger partial charge in [0.2, 0.25) is 0 Å². The van der Waals surface area contributed by atoms with E-state index in [-0.39, 0.29) is 30.6 Å². The number of hydrogen-bond donors (Lipinski definition) is 2. The van der Waals surface area contributed by atoms with Crippen LogP contribution in [0.5, 0.6) is 0 Å². The molecule has 2 N–H and O–H groups in total. The average Bonchev–Trinajstić information content (AvgIpc) is 3.64. The molecule has 0 radical (unpaired) electrons. The van der Waals surface area contributed by atoms with E-state index in [4.69, 9.17) is 23.4 Å². The minimum Gasteiger partial charge on any atom is -0.472 e. The first-order chi connectivity index (χ1) is 19.8. The van der Waals surface area contributed by atoms with E-state index in [1.807, 2.05) is 6.07 Å². The van der Waals surface area contributed by atoms with Crippen molar-refractivity contribution in [2.24, 2.45) is 28.1 Å². The summed E-state index contributed by atoms with van der Waals surface area (Å²) in [5.41, 5.74) is 1.35. The topological polar surface area (TPSA) is 125 Å². The monoisotopic (exact) mass is 584 g/mol. The molecule has 5 aliphatic rings. The van der Waals surface area contributed by atoms with Crippen molar-refractivity contribution >= 4 is 11.9 Å². The number of furan rings is 1. The van der Waals surface area contributed by atoms with Crippen LogP contribution in [0.2, 0.25) is 0 Å². The largest absolute Gasteiger partial charge is 0.472 e. The number of rotatable bonds is 4. The lowest BCUT2D eigenvalue weighted by Crippen LogP contribution is -2.72. The van der Waals surface area contributed by atoms with Gasteiger partial charge in [0.25, 0.3) is 0 Å². The van der Waals surface area contributed by atoms with Crippen molar-refractivity contribution in [2.75, 3.05) is 6.61 Å². The highest BCUT2D eigenvalue weighted by molar-refractivity contribution is 5.87. The number of aliphatic hydroxyl groups excluding tert-OH is 2. The van der Waals surface area contributed by atoms with Crippen LogP contribution in [0.25, 0.3) is 0 Å². The minimum absolute atomic E-state index is 0.00469. The van der Waals surface area contributed by atoms with Gasteiger partial charge in [-0.3, -0.25) is 4.79 Å². The van der Waals surface area contributed by atoms with Crippen LogP contribution in [0.4, 0.5) is 0 Å². The summed E-state index contributed by atoms with van der Waals surface area (Å²) in [4.78, 5) is 25.7. The second-order valence-electron chi connectivity index (χ2n) is 13.9. The van der Waals surface area contributed by atoms with E-state index in [2.05, 4.69) is 27.7 Å². The Morgan fingerprint density at radius 1 is 1.10 bits per heavy atom. The molecule has 42 heavy (non-hydrogen) atoms. The summed E-state index contributed by atoms with van der Waals surface area (Å²) in [7, 11) is 0. The molecule has 9 unspecified atom stereocenters. The van der Waals surface area contributed by atoms with Crippen LogP contribution in [0.3, 0.4) is 0 Å². The summed E-state index contributed by atoms with van der Waals surface area (Å²) in [6.45, 7) is 13.5. The number of fused-ring (bicyclic) bond motifs is 4. The molecule has 2 saturated carbocycles. The summed E-state index contributed by atoms with van der Waals surface area (Å²) in [6, 6.07) is 1.95. The molecule has 9 nitrogen and oxygen atoms in total. The molecule has 0 spiro atoms. The van der Waals surface area contributed by atoms with Gasteiger partial charge in [0.05, 0.1) is 37.4 Å². The molecule has 230 valence electrons. The molecule has 3 heterocycles. The standard InChI is InChI=1S/C33H44O9/c1-8-16(2)30(37)42-29-27-28-31(5,15-39-27)24(40-18(4)34)13-23(35)32(28,6)22-12-25(36)41-21-11-20(19-9-10-38-14-19)17(3)26(21)33(22,29)7/h8-10,14,20-25,27-29,35-36H,11-13,15H2,1-7H3/t20?,21?,22?,23?,24?,25?,27?,28?,29?,31-,32+,33-/m1/s1. The Bertz CT molecular complexity index is 1310. The molecule has 9 heteroatoms. The van der Waals surface area contributed by atoms with E-state index in [1.165, 1.54) is 6.92 Å². The molecular weight excluding hydrogens is 540 g/mol. The maximum atomic E-state index is 13.5. The van der Waals surface area contributed by atoms with Gasteiger partial charge >= 0.3 is 11.9 Å². The van der Waals surface area contributed by atoms with Gasteiger partial charge < -0.3 is 33.6 Å². The molecule has 6 rings (SSSR count). The fourth-order valence-corrected chi connectivity index (χ4v) is 9.91. The lowest BCUT2D eigenvalue weighted by molar-refractivity contribution is -0.258. The molecule has 2 saturated heterocycles. The SMILES string of the molecule is CC=C(C)C(=O)OC1C2OC[C@]3(C)C(OC(C)=O)CC(O)[C@@](C)(C23)C2CC(O)OC3CC(c4ccoc4)C(C)=C3[C@]12C. The highest BCUT2D eigenvalue weighted by Gasteiger charge is 2.77. The summed E-state index contributed by atoms with van der Waals surface area (Å²) in [6.07, 6.45) is 2.01. The van der Waals surface area contributed by atoms with Gasteiger partial charge in [-0.2, -0.15) is 0 Å². The Morgan fingerprint density at radius 2 is 1.83 bits per heavy atom. The molecule has 1 aromatic rings. The number of hydrogen-bond acceptors (Lipinski definition) is 9. The van der Waals surface area contributed by atoms with Crippen LogP contribution in [-0.4, -0.2) is 65.6 Å². The fourth-order valence-electron chi connectivity index (χ4n) is 9.91. The van der Waals surface area contributed by atoms with Gasteiger partial charge in [0, 0.05) is 53.4 Å². The van der Waals surface area contributed by atoms with Crippen LogP contribution in [0, 0.1) is 28.1 Å². The van der Waals surface area contributed by atoms with Crippen molar-refractivity contribution in [2.45, 2.75) is 110 Å². The smallest absolute Gasteiger partial charge is 0.333 e. The average molecular weight is 585 g/mol. The molecular formula is C33H44O9. The van der Waals surface area contributed by atoms with Crippen molar-refractivity contribution in [3.05, 3.63) is 47.0 Å². The van der Waals surface area contributed by atoms with Gasteiger partial charge in [-0.1, -0.05) is 32.4 Å². The Labute approximate surface area is 247 Å². The van der Waals surface area contributed by atoms with E-state index < -0.39 is 65.0 Å². The molecule has 12 atom stereocenters. The number of esters is 2. The molecule has 1 aromatic heterocycles. The highest BCUT2D eigenvalue weighted by Crippen LogP contribution is 2.72. The predicted octanol–water partition coefficient (Wildman–Crippen LogP) is 4.43. The third kappa shape index (κ3) is 3.96. The van der Waals surface area contributed by atoms with Crippen LogP contribution in [0.15, 0.2) is 45.8 Å². The van der Waals surface area contributed by atoms with Crippen LogP contribution < -0.4 is 0 Å². The Kier molecular flexibility index (Phi) is 7.08. The molecule has 0 aromatic carbocycles. The van der Waals surface area contributed by atoms with Gasteiger partial charge in [-0.15, -0.1) is 0 Å². The van der Waals surface area contributed by atoms with Crippen molar-refractivity contribution in [3.8, 4) is 0 Å². The first kappa shape index (κ1) is 29.6. The number of ether oxygens (including phenoxy) is 4. The third-order valence-electron chi connectivity index (χ3n) is 11.9. The second-order valence-corrected chi connectivity index (χ2v) is 13.9. The van der Waals surface area contributed by atoms with E-state index in [1.54, 1.807) is 32.4 Å².